The Hall–Kier alpha value is -1.92. The van der Waals surface area contributed by atoms with Crippen molar-refractivity contribution in [2.24, 2.45) is 17.6 Å². The normalized spacial score (nSPS) is 12.1. The fourth-order valence-corrected chi connectivity index (χ4v) is 1.84. The first-order valence-corrected chi connectivity index (χ1v) is 6.51. The Kier molecular flexibility index (Phi) is 6.14. The van der Waals surface area contributed by atoms with Gasteiger partial charge >= 0.3 is 0 Å². The lowest BCUT2D eigenvalue weighted by molar-refractivity contribution is -0.139. The summed E-state index contributed by atoms with van der Waals surface area (Å²) in [6.45, 7) is 4.24. The van der Waals surface area contributed by atoms with Crippen molar-refractivity contribution in [1.29, 1.82) is 0 Å². The molecule has 0 aliphatic rings. The Morgan fingerprint density at radius 3 is 2.25 bits per heavy atom. The Bertz CT molecular complexity index is 457. The van der Waals surface area contributed by atoms with Crippen molar-refractivity contribution in [2.45, 2.75) is 26.8 Å². The summed E-state index contributed by atoms with van der Waals surface area (Å²) in [6, 6.07) is 7.06. The summed E-state index contributed by atoms with van der Waals surface area (Å²) in [5, 5.41) is 11.4. The topological polar surface area (TPSA) is 104 Å². The van der Waals surface area contributed by atoms with Gasteiger partial charge in [0.15, 0.2) is 0 Å². The fraction of sp³-hybridized carbons (Fsp3) is 0.429. The van der Waals surface area contributed by atoms with E-state index < -0.39 is 17.7 Å². The second kappa shape index (κ2) is 7.62. The van der Waals surface area contributed by atoms with E-state index in [1.54, 1.807) is 24.3 Å². The summed E-state index contributed by atoms with van der Waals surface area (Å²) >= 11 is 0. The van der Waals surface area contributed by atoms with E-state index in [2.05, 4.69) is 5.32 Å². The molecule has 5 N–H and O–H groups in total. The molecule has 1 unspecified atom stereocenters. The molecule has 110 valence electrons. The second-order valence-electron chi connectivity index (χ2n) is 5.05. The van der Waals surface area contributed by atoms with Gasteiger partial charge < -0.3 is 11.1 Å². The first-order valence-electron chi connectivity index (χ1n) is 6.51. The molecular weight excluding hydrogens is 258 g/mol. The molecule has 0 fully saturated rings. The maximum absolute atomic E-state index is 12.1. The zero-order chi connectivity index (χ0) is 15.1. The van der Waals surface area contributed by atoms with E-state index in [9.17, 15) is 9.59 Å². The SMILES string of the molecule is CC(C)CC(C(=O)NO)C(=O)Nc1ccc(CN)cc1. The summed E-state index contributed by atoms with van der Waals surface area (Å²) in [5.74, 6) is -1.91. The third kappa shape index (κ3) is 4.64. The quantitative estimate of drug-likeness (QED) is 0.357. The van der Waals surface area contributed by atoms with E-state index in [4.69, 9.17) is 10.9 Å². The van der Waals surface area contributed by atoms with E-state index in [1.165, 1.54) is 5.48 Å². The zero-order valence-electron chi connectivity index (χ0n) is 11.7. The van der Waals surface area contributed by atoms with Crippen LogP contribution in [0.4, 0.5) is 5.69 Å². The van der Waals surface area contributed by atoms with Gasteiger partial charge in [0.25, 0.3) is 5.91 Å². The molecule has 0 heterocycles. The molecular formula is C14H21N3O3. The van der Waals surface area contributed by atoms with Crippen LogP contribution in [0.2, 0.25) is 0 Å². The molecule has 0 bridgehead atoms. The molecule has 6 nitrogen and oxygen atoms in total. The smallest absolute Gasteiger partial charge is 0.255 e. The molecule has 6 heteroatoms. The Labute approximate surface area is 118 Å². The molecule has 20 heavy (non-hydrogen) atoms. The largest absolute Gasteiger partial charge is 0.326 e. The molecule has 0 saturated heterocycles. The number of amides is 2. The van der Waals surface area contributed by atoms with E-state index in [0.717, 1.165) is 5.56 Å². The Morgan fingerprint density at radius 1 is 1.20 bits per heavy atom. The van der Waals surface area contributed by atoms with Gasteiger partial charge in [-0.3, -0.25) is 14.8 Å². The minimum Gasteiger partial charge on any atom is -0.326 e. The lowest BCUT2D eigenvalue weighted by Gasteiger charge is -2.16. The van der Waals surface area contributed by atoms with Crippen LogP contribution in [0.3, 0.4) is 0 Å². The second-order valence-corrected chi connectivity index (χ2v) is 5.05. The third-order valence-electron chi connectivity index (χ3n) is 2.91. The minimum atomic E-state index is -0.922. The highest BCUT2D eigenvalue weighted by Gasteiger charge is 2.27. The van der Waals surface area contributed by atoms with Gasteiger partial charge in [0, 0.05) is 12.2 Å². The molecule has 2 amide bonds. The molecule has 0 aliphatic heterocycles. The number of anilines is 1. The van der Waals surface area contributed by atoms with Crippen LogP contribution in [-0.4, -0.2) is 17.0 Å². The van der Waals surface area contributed by atoms with Crippen molar-refractivity contribution in [3.05, 3.63) is 29.8 Å². The Morgan fingerprint density at radius 2 is 1.80 bits per heavy atom. The van der Waals surface area contributed by atoms with Crippen LogP contribution < -0.4 is 16.5 Å². The molecule has 1 aromatic carbocycles. The van der Waals surface area contributed by atoms with Crippen molar-refractivity contribution >= 4 is 17.5 Å². The number of nitrogens with one attached hydrogen (secondary N) is 2. The molecule has 1 atom stereocenters. The molecule has 1 rings (SSSR count). The molecule has 0 spiro atoms. The number of benzene rings is 1. The van der Waals surface area contributed by atoms with Crippen molar-refractivity contribution in [3.8, 4) is 0 Å². The summed E-state index contributed by atoms with van der Waals surface area (Å²) < 4.78 is 0. The van der Waals surface area contributed by atoms with E-state index in [1.807, 2.05) is 13.8 Å². The van der Waals surface area contributed by atoms with Crippen LogP contribution in [0.15, 0.2) is 24.3 Å². The third-order valence-corrected chi connectivity index (χ3v) is 2.91. The molecule has 0 radical (unpaired) electrons. The average molecular weight is 279 g/mol. The number of carbonyl (C=O) groups excluding carboxylic acids is 2. The van der Waals surface area contributed by atoms with Gasteiger partial charge in [-0.15, -0.1) is 0 Å². The van der Waals surface area contributed by atoms with E-state index >= 15 is 0 Å². The van der Waals surface area contributed by atoms with Crippen LogP contribution in [-0.2, 0) is 16.1 Å². The van der Waals surface area contributed by atoms with Gasteiger partial charge in [0.05, 0.1) is 0 Å². The van der Waals surface area contributed by atoms with E-state index in [0.29, 0.717) is 18.7 Å². The fourth-order valence-electron chi connectivity index (χ4n) is 1.84. The van der Waals surface area contributed by atoms with Gasteiger partial charge in [0.1, 0.15) is 5.92 Å². The predicted octanol–water partition coefficient (Wildman–Crippen LogP) is 1.25. The number of hydrogen-bond acceptors (Lipinski definition) is 4. The highest BCUT2D eigenvalue weighted by molar-refractivity contribution is 6.06. The summed E-state index contributed by atoms with van der Waals surface area (Å²) in [6.07, 6.45) is 0.360. The van der Waals surface area contributed by atoms with Crippen molar-refractivity contribution in [2.75, 3.05) is 5.32 Å². The highest BCUT2D eigenvalue weighted by atomic mass is 16.5. The Balaban J connectivity index is 2.76. The van der Waals surface area contributed by atoms with Gasteiger partial charge in [-0.1, -0.05) is 26.0 Å². The maximum atomic E-state index is 12.1. The number of rotatable bonds is 6. The van der Waals surface area contributed by atoms with Crippen LogP contribution in [0.25, 0.3) is 0 Å². The summed E-state index contributed by atoms with van der Waals surface area (Å²) in [5.41, 5.74) is 8.58. The van der Waals surface area contributed by atoms with Crippen molar-refractivity contribution in [3.63, 3.8) is 0 Å². The van der Waals surface area contributed by atoms with Crippen LogP contribution in [0.5, 0.6) is 0 Å². The van der Waals surface area contributed by atoms with Gasteiger partial charge in [0.2, 0.25) is 5.91 Å². The lowest BCUT2D eigenvalue weighted by Crippen LogP contribution is -2.37. The van der Waals surface area contributed by atoms with Crippen molar-refractivity contribution in [1.82, 2.24) is 5.48 Å². The van der Waals surface area contributed by atoms with Crippen LogP contribution in [0.1, 0.15) is 25.8 Å². The predicted molar refractivity (Wildman–Crippen MR) is 75.8 cm³/mol. The first kappa shape index (κ1) is 16.1. The van der Waals surface area contributed by atoms with Crippen LogP contribution in [0, 0.1) is 11.8 Å². The lowest BCUT2D eigenvalue weighted by atomic mass is 9.95. The zero-order valence-corrected chi connectivity index (χ0v) is 11.7. The van der Waals surface area contributed by atoms with Gasteiger partial charge in [-0.2, -0.15) is 0 Å². The molecule has 0 aliphatic carbocycles. The number of nitrogens with two attached hydrogens (primary N) is 1. The molecule has 0 aromatic heterocycles. The average Bonchev–Trinajstić information content (AvgIpc) is 2.44. The highest BCUT2D eigenvalue weighted by Crippen LogP contribution is 2.16. The van der Waals surface area contributed by atoms with E-state index in [-0.39, 0.29) is 5.92 Å². The maximum Gasteiger partial charge on any atom is 0.255 e. The minimum absolute atomic E-state index is 0.155. The van der Waals surface area contributed by atoms with Gasteiger partial charge in [-0.25, -0.2) is 5.48 Å². The monoisotopic (exact) mass is 279 g/mol. The number of hydrogen-bond donors (Lipinski definition) is 4. The first-order chi connectivity index (χ1) is 9.47. The van der Waals surface area contributed by atoms with Gasteiger partial charge in [-0.05, 0) is 30.0 Å². The summed E-state index contributed by atoms with van der Waals surface area (Å²) in [4.78, 5) is 23.6. The molecule has 0 saturated carbocycles. The summed E-state index contributed by atoms with van der Waals surface area (Å²) in [7, 11) is 0. The number of hydroxylamine groups is 1. The van der Waals surface area contributed by atoms with Crippen LogP contribution >= 0.6 is 0 Å². The number of carbonyl (C=O) groups is 2. The standard InChI is InChI=1S/C14H21N3O3/c1-9(2)7-12(14(19)17-20)13(18)16-11-5-3-10(8-15)4-6-11/h3-6,9,12,20H,7-8,15H2,1-2H3,(H,16,18)(H,17,19). The molecule has 1 aromatic rings. The van der Waals surface area contributed by atoms with Crippen molar-refractivity contribution < 1.29 is 14.8 Å².